The number of ether oxygens (including phenoxy) is 2. The number of hydrogen-bond acceptors (Lipinski definition) is 3. The molecule has 1 atom stereocenters. The largest absolute Gasteiger partial charge is 0.381 e. The maximum absolute atomic E-state index is 5.73. The summed E-state index contributed by atoms with van der Waals surface area (Å²) >= 11 is 0. The number of nitrogens with zero attached hydrogens (tertiary/aromatic N) is 2. The van der Waals surface area contributed by atoms with Gasteiger partial charge in [0.15, 0.2) is 5.96 Å². The van der Waals surface area contributed by atoms with Gasteiger partial charge in [0, 0.05) is 46.3 Å². The van der Waals surface area contributed by atoms with E-state index in [1.165, 1.54) is 11.1 Å². The van der Waals surface area contributed by atoms with Gasteiger partial charge in [-0.1, -0.05) is 29.8 Å². The van der Waals surface area contributed by atoms with Crippen LogP contribution in [0.2, 0.25) is 0 Å². The maximum atomic E-state index is 5.73. The highest BCUT2D eigenvalue weighted by molar-refractivity contribution is 5.79. The van der Waals surface area contributed by atoms with Crippen molar-refractivity contribution in [3.8, 4) is 0 Å². The lowest BCUT2D eigenvalue weighted by atomic mass is 10.1. The van der Waals surface area contributed by atoms with E-state index in [4.69, 9.17) is 9.47 Å². The van der Waals surface area contributed by atoms with Gasteiger partial charge in [-0.25, -0.2) is 0 Å². The molecular weight excluding hydrogens is 302 g/mol. The van der Waals surface area contributed by atoms with Crippen LogP contribution in [0.15, 0.2) is 29.3 Å². The predicted molar refractivity (Wildman–Crippen MR) is 98.4 cm³/mol. The molecule has 1 aliphatic heterocycles. The van der Waals surface area contributed by atoms with Crippen LogP contribution in [-0.2, 0) is 16.0 Å². The second kappa shape index (κ2) is 10.3. The third-order valence-electron chi connectivity index (χ3n) is 4.24. The van der Waals surface area contributed by atoms with E-state index in [0.717, 1.165) is 58.3 Å². The Kier molecular flexibility index (Phi) is 8.05. The summed E-state index contributed by atoms with van der Waals surface area (Å²) in [6.07, 6.45) is 2.11. The summed E-state index contributed by atoms with van der Waals surface area (Å²) in [6.45, 7) is 7.16. The zero-order valence-corrected chi connectivity index (χ0v) is 15.3. The standard InChI is InChI=1S/C19H31N3O2/c1-16-5-7-17(8-6-16)13-22(3)19(20-2)21-10-4-11-23-14-18-9-12-24-15-18/h5-8,18H,4,9-15H2,1-3H3,(H,20,21). The molecule has 1 unspecified atom stereocenters. The molecule has 0 aromatic heterocycles. The molecule has 1 fully saturated rings. The van der Waals surface area contributed by atoms with E-state index in [1.54, 1.807) is 0 Å². The molecule has 1 saturated heterocycles. The van der Waals surface area contributed by atoms with Crippen LogP contribution in [0.1, 0.15) is 24.0 Å². The summed E-state index contributed by atoms with van der Waals surface area (Å²) < 4.78 is 11.1. The Bertz CT molecular complexity index is 496. The number of aryl methyl sites for hydroxylation is 1. The molecule has 0 amide bonds. The van der Waals surface area contributed by atoms with Crippen molar-refractivity contribution in [2.75, 3.05) is 47.1 Å². The van der Waals surface area contributed by atoms with Crippen LogP contribution < -0.4 is 5.32 Å². The molecule has 134 valence electrons. The average Bonchev–Trinajstić information content (AvgIpc) is 3.09. The van der Waals surface area contributed by atoms with Crippen molar-refractivity contribution in [3.05, 3.63) is 35.4 Å². The van der Waals surface area contributed by atoms with Gasteiger partial charge in [-0.05, 0) is 25.3 Å². The van der Waals surface area contributed by atoms with Gasteiger partial charge in [0.25, 0.3) is 0 Å². The van der Waals surface area contributed by atoms with Crippen molar-refractivity contribution < 1.29 is 9.47 Å². The van der Waals surface area contributed by atoms with Crippen molar-refractivity contribution >= 4 is 5.96 Å². The summed E-state index contributed by atoms with van der Waals surface area (Å²) in [5, 5.41) is 3.40. The molecular formula is C19H31N3O2. The summed E-state index contributed by atoms with van der Waals surface area (Å²) in [4.78, 5) is 6.50. The number of rotatable bonds is 8. The molecule has 0 bridgehead atoms. The monoisotopic (exact) mass is 333 g/mol. The minimum Gasteiger partial charge on any atom is -0.381 e. The molecule has 1 heterocycles. The van der Waals surface area contributed by atoms with E-state index < -0.39 is 0 Å². The molecule has 0 aliphatic carbocycles. The van der Waals surface area contributed by atoms with Crippen LogP contribution in [0.3, 0.4) is 0 Å². The van der Waals surface area contributed by atoms with Crippen LogP contribution in [0.5, 0.6) is 0 Å². The van der Waals surface area contributed by atoms with Crippen molar-refractivity contribution in [1.29, 1.82) is 0 Å². The zero-order chi connectivity index (χ0) is 17.2. The van der Waals surface area contributed by atoms with Gasteiger partial charge in [-0.3, -0.25) is 4.99 Å². The Labute approximate surface area is 146 Å². The van der Waals surface area contributed by atoms with Crippen LogP contribution in [0, 0.1) is 12.8 Å². The van der Waals surface area contributed by atoms with Gasteiger partial charge < -0.3 is 19.7 Å². The normalized spacial score (nSPS) is 18.0. The fraction of sp³-hybridized carbons (Fsp3) is 0.632. The van der Waals surface area contributed by atoms with Crippen LogP contribution in [0.4, 0.5) is 0 Å². The molecule has 0 spiro atoms. The average molecular weight is 333 g/mol. The zero-order valence-electron chi connectivity index (χ0n) is 15.3. The van der Waals surface area contributed by atoms with Crippen molar-refractivity contribution in [1.82, 2.24) is 10.2 Å². The van der Waals surface area contributed by atoms with Crippen LogP contribution in [0.25, 0.3) is 0 Å². The van der Waals surface area contributed by atoms with E-state index in [0.29, 0.717) is 5.92 Å². The van der Waals surface area contributed by atoms with Gasteiger partial charge >= 0.3 is 0 Å². The topological polar surface area (TPSA) is 46.1 Å². The first-order chi connectivity index (χ1) is 11.7. The van der Waals surface area contributed by atoms with Crippen molar-refractivity contribution in [3.63, 3.8) is 0 Å². The molecule has 24 heavy (non-hydrogen) atoms. The molecule has 0 radical (unpaired) electrons. The van der Waals surface area contributed by atoms with Gasteiger partial charge in [0.1, 0.15) is 0 Å². The highest BCUT2D eigenvalue weighted by Crippen LogP contribution is 2.12. The quantitative estimate of drug-likeness (QED) is 0.451. The first kappa shape index (κ1) is 18.7. The number of guanidine groups is 1. The molecule has 5 nitrogen and oxygen atoms in total. The van der Waals surface area contributed by atoms with Gasteiger partial charge in [0.2, 0.25) is 0 Å². The Morgan fingerprint density at radius 2 is 2.17 bits per heavy atom. The molecule has 1 aliphatic rings. The van der Waals surface area contributed by atoms with Crippen molar-refractivity contribution in [2.45, 2.75) is 26.3 Å². The summed E-state index contributed by atoms with van der Waals surface area (Å²) in [5.41, 5.74) is 2.57. The van der Waals surface area contributed by atoms with Crippen molar-refractivity contribution in [2.24, 2.45) is 10.9 Å². The van der Waals surface area contributed by atoms with E-state index >= 15 is 0 Å². The lowest BCUT2D eigenvalue weighted by Crippen LogP contribution is -2.39. The smallest absolute Gasteiger partial charge is 0.193 e. The number of nitrogens with one attached hydrogen (secondary N) is 1. The Morgan fingerprint density at radius 1 is 1.38 bits per heavy atom. The van der Waals surface area contributed by atoms with E-state index in [-0.39, 0.29) is 0 Å². The van der Waals surface area contributed by atoms with Gasteiger partial charge in [0.05, 0.1) is 13.2 Å². The molecule has 0 saturated carbocycles. The third kappa shape index (κ3) is 6.49. The fourth-order valence-electron chi connectivity index (χ4n) is 2.77. The molecule has 1 aromatic rings. The minimum absolute atomic E-state index is 0.589. The summed E-state index contributed by atoms with van der Waals surface area (Å²) in [6, 6.07) is 8.62. The van der Waals surface area contributed by atoms with Crippen LogP contribution in [-0.4, -0.2) is 57.9 Å². The molecule has 5 heteroatoms. The van der Waals surface area contributed by atoms with E-state index in [2.05, 4.69) is 53.4 Å². The van der Waals surface area contributed by atoms with Crippen LogP contribution >= 0.6 is 0 Å². The van der Waals surface area contributed by atoms with E-state index in [1.807, 2.05) is 7.05 Å². The summed E-state index contributed by atoms with van der Waals surface area (Å²) in [5.74, 6) is 1.51. The van der Waals surface area contributed by atoms with Gasteiger partial charge in [-0.2, -0.15) is 0 Å². The number of benzene rings is 1. The second-order valence-electron chi connectivity index (χ2n) is 6.47. The predicted octanol–water partition coefficient (Wildman–Crippen LogP) is 2.45. The number of hydrogen-bond donors (Lipinski definition) is 1. The summed E-state index contributed by atoms with van der Waals surface area (Å²) in [7, 11) is 3.89. The fourth-order valence-corrected chi connectivity index (χ4v) is 2.77. The molecule has 1 N–H and O–H groups in total. The first-order valence-corrected chi connectivity index (χ1v) is 8.82. The lowest BCUT2D eigenvalue weighted by Gasteiger charge is -2.22. The highest BCUT2D eigenvalue weighted by atomic mass is 16.5. The Balaban J connectivity index is 1.61. The lowest BCUT2D eigenvalue weighted by molar-refractivity contribution is 0.0887. The number of aliphatic imine (C=N–C) groups is 1. The first-order valence-electron chi connectivity index (χ1n) is 8.82. The van der Waals surface area contributed by atoms with E-state index in [9.17, 15) is 0 Å². The Morgan fingerprint density at radius 3 is 2.83 bits per heavy atom. The van der Waals surface area contributed by atoms with Gasteiger partial charge in [-0.15, -0.1) is 0 Å². The highest BCUT2D eigenvalue weighted by Gasteiger charge is 2.15. The maximum Gasteiger partial charge on any atom is 0.193 e. The third-order valence-corrected chi connectivity index (χ3v) is 4.24. The molecule has 2 rings (SSSR count). The second-order valence-corrected chi connectivity index (χ2v) is 6.47. The Hall–Kier alpha value is -1.59. The SMILES string of the molecule is CN=C(NCCCOCC1CCOC1)N(C)Cc1ccc(C)cc1. The molecule has 1 aromatic carbocycles. The minimum atomic E-state index is 0.589.